The summed E-state index contributed by atoms with van der Waals surface area (Å²) < 4.78 is 5.19. The number of hydrogen-bond acceptors (Lipinski definition) is 6. The van der Waals surface area contributed by atoms with Gasteiger partial charge in [-0.05, 0) is 19.8 Å². The molecule has 1 heterocycles. The van der Waals surface area contributed by atoms with Crippen LogP contribution in [0.4, 0.5) is 0 Å². The van der Waals surface area contributed by atoms with Crippen molar-refractivity contribution in [2.24, 2.45) is 5.92 Å². The lowest BCUT2D eigenvalue weighted by molar-refractivity contribution is -0.153. The van der Waals surface area contributed by atoms with Crippen molar-refractivity contribution in [3.05, 3.63) is 0 Å². The second-order valence-electron chi connectivity index (χ2n) is 5.24. The minimum Gasteiger partial charge on any atom is -0.481 e. The van der Waals surface area contributed by atoms with Gasteiger partial charge in [-0.15, -0.1) is 0 Å². The van der Waals surface area contributed by atoms with Crippen LogP contribution in [0, 0.1) is 5.92 Å². The Bertz CT molecular complexity index is 468. The molecule has 1 amide bonds. The lowest BCUT2D eigenvalue weighted by atomic mass is 9.72. The summed E-state index contributed by atoms with van der Waals surface area (Å²) in [6.07, 6.45) is -0.440. The number of carbonyl (C=O) groups is 4. The van der Waals surface area contributed by atoms with Crippen LogP contribution in [0.5, 0.6) is 0 Å². The Morgan fingerprint density at radius 3 is 2.36 bits per heavy atom. The minimum absolute atomic E-state index is 0.0907. The fourth-order valence-electron chi connectivity index (χ4n) is 2.23. The number of ketones is 1. The topological polar surface area (TPSA) is 150 Å². The lowest BCUT2D eigenvalue weighted by Crippen LogP contribution is -2.54. The van der Waals surface area contributed by atoms with Gasteiger partial charge in [-0.3, -0.25) is 19.2 Å². The molecule has 10 heteroatoms. The standard InChI is InChI=1S/C12H18BNO8/c1-6(15)4-7-2-3-9(13(21)22-7)14-11(18)8(12(19)20)5-10(16)17/h7-9,21H,2-5H2,1H3,(H,14,18)(H,16,17)(H,19,20)/t7-,8?,9-/m0/s1. The number of carboxylic acid groups (broad SMARTS) is 2. The van der Waals surface area contributed by atoms with Gasteiger partial charge in [0, 0.05) is 12.5 Å². The third-order valence-corrected chi connectivity index (χ3v) is 3.31. The summed E-state index contributed by atoms with van der Waals surface area (Å²) in [6, 6.07) is 0. The van der Waals surface area contributed by atoms with Gasteiger partial charge in [0.05, 0.1) is 12.4 Å². The Balaban J connectivity index is 2.59. The van der Waals surface area contributed by atoms with Gasteiger partial charge in [-0.2, -0.15) is 0 Å². The van der Waals surface area contributed by atoms with Crippen molar-refractivity contribution in [3.63, 3.8) is 0 Å². The summed E-state index contributed by atoms with van der Waals surface area (Å²) in [7, 11) is -1.37. The van der Waals surface area contributed by atoms with E-state index in [1.807, 2.05) is 0 Å². The highest BCUT2D eigenvalue weighted by atomic mass is 16.5. The summed E-state index contributed by atoms with van der Waals surface area (Å²) in [4.78, 5) is 44.3. The number of hydrogen-bond donors (Lipinski definition) is 4. The molecule has 0 saturated carbocycles. The summed E-state index contributed by atoms with van der Waals surface area (Å²) in [5.74, 6) is -6.63. The van der Waals surface area contributed by atoms with Crippen LogP contribution in [0.25, 0.3) is 0 Å². The maximum Gasteiger partial charge on any atom is 0.478 e. The van der Waals surface area contributed by atoms with Crippen molar-refractivity contribution >= 4 is 30.7 Å². The third kappa shape index (κ3) is 5.45. The molecular weight excluding hydrogens is 297 g/mol. The molecule has 0 aromatic heterocycles. The normalized spacial score (nSPS) is 22.7. The molecule has 1 fully saturated rings. The van der Waals surface area contributed by atoms with Gasteiger partial charge in [-0.25, -0.2) is 0 Å². The number of amides is 1. The highest BCUT2D eigenvalue weighted by Gasteiger charge is 2.39. The molecule has 3 atom stereocenters. The second-order valence-corrected chi connectivity index (χ2v) is 5.24. The van der Waals surface area contributed by atoms with Crippen LogP contribution >= 0.6 is 0 Å². The fourth-order valence-corrected chi connectivity index (χ4v) is 2.23. The Hall–Kier alpha value is -1.94. The van der Waals surface area contributed by atoms with Gasteiger partial charge in [-0.1, -0.05) is 0 Å². The molecule has 22 heavy (non-hydrogen) atoms. The first-order chi connectivity index (χ1) is 10.2. The van der Waals surface area contributed by atoms with Crippen molar-refractivity contribution < 1.29 is 39.1 Å². The van der Waals surface area contributed by atoms with E-state index in [1.54, 1.807) is 0 Å². The molecule has 0 radical (unpaired) electrons. The van der Waals surface area contributed by atoms with Gasteiger partial charge in [0.2, 0.25) is 5.91 Å². The van der Waals surface area contributed by atoms with Gasteiger partial charge < -0.3 is 25.2 Å². The van der Waals surface area contributed by atoms with E-state index in [9.17, 15) is 24.2 Å². The summed E-state index contributed by atoms with van der Waals surface area (Å²) in [5.41, 5.74) is 0. The predicted octanol–water partition coefficient (Wildman–Crippen LogP) is -1.18. The van der Waals surface area contributed by atoms with Crippen molar-refractivity contribution in [3.8, 4) is 0 Å². The smallest absolute Gasteiger partial charge is 0.478 e. The van der Waals surface area contributed by atoms with Crippen molar-refractivity contribution in [2.75, 3.05) is 0 Å². The molecule has 0 bridgehead atoms. The molecule has 1 rings (SSSR count). The number of aliphatic carboxylic acids is 2. The molecule has 0 spiro atoms. The predicted molar refractivity (Wildman–Crippen MR) is 72.7 cm³/mol. The molecule has 1 saturated heterocycles. The molecule has 0 aromatic carbocycles. The maximum atomic E-state index is 11.8. The van der Waals surface area contributed by atoms with Gasteiger partial charge >= 0.3 is 19.1 Å². The van der Waals surface area contributed by atoms with E-state index < -0.39 is 49.3 Å². The number of carboxylic acids is 2. The first-order valence-corrected chi connectivity index (χ1v) is 6.78. The van der Waals surface area contributed by atoms with Crippen LogP contribution in [0.3, 0.4) is 0 Å². The maximum absolute atomic E-state index is 11.8. The summed E-state index contributed by atoms with van der Waals surface area (Å²) in [5, 5.41) is 29.6. The van der Waals surface area contributed by atoms with E-state index in [2.05, 4.69) is 5.32 Å². The van der Waals surface area contributed by atoms with E-state index in [-0.39, 0.29) is 12.2 Å². The van der Waals surface area contributed by atoms with Crippen LogP contribution in [-0.2, 0) is 23.8 Å². The Morgan fingerprint density at radius 1 is 1.27 bits per heavy atom. The van der Waals surface area contributed by atoms with E-state index in [4.69, 9.17) is 14.9 Å². The van der Waals surface area contributed by atoms with Gasteiger partial charge in [0.15, 0.2) is 0 Å². The molecule has 122 valence electrons. The number of nitrogens with one attached hydrogen (secondary N) is 1. The second kappa shape index (κ2) is 7.90. The fraction of sp³-hybridized carbons (Fsp3) is 0.667. The van der Waals surface area contributed by atoms with Crippen molar-refractivity contribution in [2.45, 2.75) is 44.7 Å². The van der Waals surface area contributed by atoms with E-state index in [0.29, 0.717) is 12.8 Å². The van der Waals surface area contributed by atoms with Crippen molar-refractivity contribution in [1.29, 1.82) is 0 Å². The monoisotopic (exact) mass is 315 g/mol. The Labute approximate surface area is 126 Å². The van der Waals surface area contributed by atoms with Crippen LogP contribution in [0.1, 0.15) is 32.6 Å². The first-order valence-electron chi connectivity index (χ1n) is 6.78. The molecule has 4 N–H and O–H groups in total. The lowest BCUT2D eigenvalue weighted by Gasteiger charge is -2.31. The average Bonchev–Trinajstić information content (AvgIpc) is 2.37. The van der Waals surface area contributed by atoms with Gasteiger partial charge in [0.25, 0.3) is 0 Å². The number of carbonyl (C=O) groups excluding carboxylic acids is 2. The zero-order chi connectivity index (χ0) is 16.9. The number of rotatable bonds is 7. The van der Waals surface area contributed by atoms with Crippen LogP contribution in [0.2, 0.25) is 0 Å². The van der Waals surface area contributed by atoms with E-state index in [1.165, 1.54) is 6.92 Å². The zero-order valence-electron chi connectivity index (χ0n) is 12.0. The van der Waals surface area contributed by atoms with Crippen LogP contribution in [-0.4, -0.2) is 58.0 Å². The molecular formula is C12H18BNO8. The first kappa shape index (κ1) is 18.1. The summed E-state index contributed by atoms with van der Waals surface area (Å²) >= 11 is 0. The van der Waals surface area contributed by atoms with E-state index >= 15 is 0 Å². The zero-order valence-corrected chi connectivity index (χ0v) is 12.0. The summed E-state index contributed by atoms with van der Waals surface area (Å²) in [6.45, 7) is 1.40. The molecule has 0 aliphatic carbocycles. The highest BCUT2D eigenvalue weighted by Crippen LogP contribution is 2.19. The molecule has 1 unspecified atom stereocenters. The van der Waals surface area contributed by atoms with Gasteiger partial charge in [0.1, 0.15) is 11.7 Å². The van der Waals surface area contributed by atoms with Crippen molar-refractivity contribution in [1.82, 2.24) is 5.32 Å². The molecule has 1 aliphatic heterocycles. The third-order valence-electron chi connectivity index (χ3n) is 3.31. The van der Waals surface area contributed by atoms with Crippen LogP contribution < -0.4 is 5.32 Å². The minimum atomic E-state index is -1.74. The molecule has 0 aromatic rings. The molecule has 9 nitrogen and oxygen atoms in total. The average molecular weight is 315 g/mol. The Kier molecular flexibility index (Phi) is 6.50. The van der Waals surface area contributed by atoms with E-state index in [0.717, 1.165) is 0 Å². The van der Waals surface area contributed by atoms with Crippen LogP contribution in [0.15, 0.2) is 0 Å². The highest BCUT2D eigenvalue weighted by molar-refractivity contribution is 6.45. The number of Topliss-reactive ketones (excluding diaryl/α,β-unsaturated/α-hetero) is 1. The molecule has 1 aliphatic rings. The Morgan fingerprint density at radius 2 is 1.91 bits per heavy atom. The largest absolute Gasteiger partial charge is 0.481 e. The SMILES string of the molecule is CC(=O)C[C@@H]1CC[C@H](NC(=O)C(CC(=O)O)C(=O)O)B(O)O1. The quantitative estimate of drug-likeness (QED) is 0.339.